The number of benzene rings is 5. The van der Waals surface area contributed by atoms with Crippen molar-refractivity contribution in [3.05, 3.63) is 203 Å². The van der Waals surface area contributed by atoms with Gasteiger partial charge in [0.15, 0.2) is 0 Å². The monoisotopic (exact) mass is 662 g/mol. The fourth-order valence-electron chi connectivity index (χ4n) is 6.77. The molecular formula is C46H46O4. The topological polar surface area (TPSA) is 36.9 Å². The summed E-state index contributed by atoms with van der Waals surface area (Å²) in [6.45, 7) is 7.21. The fourth-order valence-corrected chi connectivity index (χ4v) is 6.77. The molecule has 4 nitrogen and oxygen atoms in total. The molecule has 0 spiro atoms. The van der Waals surface area contributed by atoms with Crippen LogP contribution < -0.4 is 9.47 Å². The van der Waals surface area contributed by atoms with Crippen LogP contribution in [0.4, 0.5) is 0 Å². The van der Waals surface area contributed by atoms with Gasteiger partial charge in [0, 0.05) is 5.92 Å². The molecule has 0 aromatic heterocycles. The zero-order chi connectivity index (χ0) is 34.4. The summed E-state index contributed by atoms with van der Waals surface area (Å²) in [7, 11) is 0. The number of hydrogen-bond acceptors (Lipinski definition) is 4. The van der Waals surface area contributed by atoms with Crippen molar-refractivity contribution in [1.82, 2.24) is 0 Å². The summed E-state index contributed by atoms with van der Waals surface area (Å²) in [5.74, 6) is 2.03. The Morgan fingerprint density at radius 3 is 1.38 bits per heavy atom. The highest BCUT2D eigenvalue weighted by atomic mass is 16.6. The van der Waals surface area contributed by atoms with Crippen molar-refractivity contribution >= 4 is 0 Å². The first-order valence-electron chi connectivity index (χ1n) is 17.5. The Morgan fingerprint density at radius 2 is 0.900 bits per heavy atom. The van der Waals surface area contributed by atoms with Gasteiger partial charge in [-0.3, -0.25) is 0 Å². The van der Waals surface area contributed by atoms with Gasteiger partial charge in [-0.05, 0) is 64.9 Å². The van der Waals surface area contributed by atoms with E-state index in [0.717, 1.165) is 22.6 Å². The van der Waals surface area contributed by atoms with Crippen molar-refractivity contribution in [3.8, 4) is 11.5 Å². The molecule has 0 N–H and O–H groups in total. The van der Waals surface area contributed by atoms with E-state index in [-0.39, 0.29) is 5.92 Å². The summed E-state index contributed by atoms with van der Waals surface area (Å²) in [5.41, 5.74) is 7.82. The van der Waals surface area contributed by atoms with Crippen molar-refractivity contribution in [2.24, 2.45) is 0 Å². The third kappa shape index (κ3) is 8.34. The highest BCUT2D eigenvalue weighted by Crippen LogP contribution is 2.46. The molecule has 0 aliphatic heterocycles. The van der Waals surface area contributed by atoms with Gasteiger partial charge in [0.1, 0.15) is 24.7 Å². The predicted octanol–water partition coefficient (Wildman–Crippen LogP) is 9.94. The Labute approximate surface area is 297 Å². The van der Waals surface area contributed by atoms with Crippen molar-refractivity contribution in [2.45, 2.75) is 25.2 Å². The van der Waals surface area contributed by atoms with Gasteiger partial charge >= 0.3 is 0 Å². The van der Waals surface area contributed by atoms with Crippen LogP contribution in [0, 0.1) is 13.8 Å². The summed E-state index contributed by atoms with van der Waals surface area (Å²) in [5, 5.41) is 0. The Morgan fingerprint density at radius 1 is 0.460 bits per heavy atom. The summed E-state index contributed by atoms with van der Waals surface area (Å²) >= 11 is 0. The average molecular weight is 663 g/mol. The largest absolute Gasteiger partial charge is 0.491 e. The minimum atomic E-state index is -0.488. The summed E-state index contributed by atoms with van der Waals surface area (Å²) in [6, 6.07) is 45.2. The van der Waals surface area contributed by atoms with E-state index in [9.17, 15) is 0 Å². The number of rotatable bonds is 16. The Kier molecular flexibility index (Phi) is 12.1. The molecular weight excluding hydrogens is 617 g/mol. The van der Waals surface area contributed by atoms with Gasteiger partial charge < -0.3 is 18.9 Å². The van der Waals surface area contributed by atoms with E-state index in [1.807, 2.05) is 24.3 Å². The molecule has 0 amide bonds. The lowest BCUT2D eigenvalue weighted by Crippen LogP contribution is -2.31. The normalized spacial score (nSPS) is 12.9. The molecule has 0 heterocycles. The first-order chi connectivity index (χ1) is 24.7. The van der Waals surface area contributed by atoms with Crippen LogP contribution in [0.2, 0.25) is 0 Å². The van der Waals surface area contributed by atoms with Gasteiger partial charge in [0.25, 0.3) is 0 Å². The smallest absolute Gasteiger partial charge is 0.125 e. The zero-order valence-corrected chi connectivity index (χ0v) is 29.0. The zero-order valence-electron chi connectivity index (χ0n) is 29.0. The molecule has 1 aliphatic rings. The molecule has 0 fully saturated rings. The molecule has 0 saturated carbocycles. The Bertz CT molecular complexity index is 1720. The summed E-state index contributed by atoms with van der Waals surface area (Å²) in [4.78, 5) is 0. The van der Waals surface area contributed by atoms with E-state index in [4.69, 9.17) is 18.9 Å². The van der Waals surface area contributed by atoms with Gasteiger partial charge in [-0.2, -0.15) is 0 Å². The van der Waals surface area contributed by atoms with Crippen LogP contribution in [0.25, 0.3) is 0 Å². The van der Waals surface area contributed by atoms with Gasteiger partial charge in [0.05, 0.1) is 31.8 Å². The van der Waals surface area contributed by atoms with E-state index in [1.165, 1.54) is 27.8 Å². The van der Waals surface area contributed by atoms with Crippen LogP contribution >= 0.6 is 0 Å². The molecule has 254 valence electrons. The highest BCUT2D eigenvalue weighted by molar-refractivity contribution is 5.62. The number of allylic oxidation sites excluding steroid dienone is 6. The molecule has 1 aliphatic carbocycles. The standard InChI is InChI=1S/C46H46O4/c1-36-34-43(46(40-18-10-5-11-19-40,41-20-12-6-13-21-41)42-22-14-7-15-23-42)35-37(2)45(36)50-33-31-48-29-28-47-30-32-49-44-26-24-39(25-27-44)38-16-8-3-4-9-17-38/h3-27,34-35,38H,28-33H2,1-2H3. The third-order valence-electron chi connectivity index (χ3n) is 9.09. The second-order valence-corrected chi connectivity index (χ2v) is 12.5. The van der Waals surface area contributed by atoms with Gasteiger partial charge in [0.2, 0.25) is 0 Å². The second kappa shape index (κ2) is 17.5. The number of hydrogen-bond donors (Lipinski definition) is 0. The quantitative estimate of drug-likeness (QED) is 0.0779. The van der Waals surface area contributed by atoms with E-state index in [0.29, 0.717) is 39.6 Å². The van der Waals surface area contributed by atoms with Crippen molar-refractivity contribution in [1.29, 1.82) is 0 Å². The lowest BCUT2D eigenvalue weighted by molar-refractivity contribution is 0.0272. The van der Waals surface area contributed by atoms with Crippen LogP contribution in [-0.4, -0.2) is 39.6 Å². The Balaban J connectivity index is 0.999. The third-order valence-corrected chi connectivity index (χ3v) is 9.09. The summed E-state index contributed by atoms with van der Waals surface area (Å²) < 4.78 is 23.7. The molecule has 50 heavy (non-hydrogen) atoms. The van der Waals surface area contributed by atoms with Crippen LogP contribution in [0.15, 0.2) is 164 Å². The maximum atomic E-state index is 6.30. The fraction of sp³-hybridized carbons (Fsp3) is 0.217. The summed E-state index contributed by atoms with van der Waals surface area (Å²) in [6.07, 6.45) is 12.6. The molecule has 6 rings (SSSR count). The highest BCUT2D eigenvalue weighted by Gasteiger charge is 2.38. The van der Waals surface area contributed by atoms with E-state index >= 15 is 0 Å². The van der Waals surface area contributed by atoms with Crippen LogP contribution in [0.1, 0.15) is 44.9 Å². The van der Waals surface area contributed by atoms with Crippen molar-refractivity contribution in [3.63, 3.8) is 0 Å². The van der Waals surface area contributed by atoms with Crippen LogP contribution in [0.5, 0.6) is 11.5 Å². The minimum Gasteiger partial charge on any atom is -0.491 e. The molecule has 5 aromatic rings. The van der Waals surface area contributed by atoms with Gasteiger partial charge in [-0.25, -0.2) is 0 Å². The lowest BCUT2D eigenvalue weighted by Gasteiger charge is -2.37. The van der Waals surface area contributed by atoms with E-state index < -0.39 is 5.41 Å². The molecule has 0 bridgehead atoms. The number of aryl methyl sites for hydroxylation is 2. The molecule has 0 unspecified atom stereocenters. The molecule has 4 heteroatoms. The van der Waals surface area contributed by atoms with E-state index in [1.54, 1.807) is 0 Å². The molecule has 0 atom stereocenters. The van der Waals surface area contributed by atoms with Crippen molar-refractivity contribution < 1.29 is 18.9 Å². The van der Waals surface area contributed by atoms with Crippen molar-refractivity contribution in [2.75, 3.05) is 39.6 Å². The maximum absolute atomic E-state index is 6.30. The molecule has 0 saturated heterocycles. The average Bonchev–Trinajstić information content (AvgIpc) is 3.45. The van der Waals surface area contributed by atoms with Gasteiger partial charge in [-0.15, -0.1) is 0 Å². The number of ether oxygens (including phenoxy) is 4. The Hall–Kier alpha value is -5.16. The second-order valence-electron chi connectivity index (χ2n) is 12.5. The first-order valence-corrected chi connectivity index (χ1v) is 17.5. The predicted molar refractivity (Wildman–Crippen MR) is 203 cm³/mol. The van der Waals surface area contributed by atoms with E-state index in [2.05, 4.69) is 153 Å². The lowest BCUT2D eigenvalue weighted by atomic mass is 9.64. The first kappa shape index (κ1) is 34.7. The minimum absolute atomic E-state index is 0.284. The SMILES string of the molecule is Cc1cc(C(c2ccccc2)(c2ccccc2)c2ccccc2)cc(C)c1OCCOCCOCCOc1ccc(C2C=CC=CC=C2)cc1. The maximum Gasteiger partial charge on any atom is 0.125 e. The molecule has 0 radical (unpaired) electrons. The van der Waals surface area contributed by atoms with Gasteiger partial charge in [-0.1, -0.05) is 152 Å². The molecule has 5 aromatic carbocycles. The van der Waals surface area contributed by atoms with Crippen LogP contribution in [-0.2, 0) is 14.9 Å². The van der Waals surface area contributed by atoms with Crippen LogP contribution in [0.3, 0.4) is 0 Å².